The molecule has 0 fully saturated rings. The highest BCUT2D eigenvalue weighted by Gasteiger charge is 2.37. The van der Waals surface area contributed by atoms with Gasteiger partial charge in [0.2, 0.25) is 5.91 Å². The molecule has 0 aliphatic carbocycles. The van der Waals surface area contributed by atoms with E-state index in [1.165, 1.54) is 16.7 Å². The zero-order valence-corrected chi connectivity index (χ0v) is 20.7. The average molecular weight is 519 g/mol. The molecule has 1 amide bonds. The number of carbonyl (C=O) groups excluding carboxylic acids is 1. The van der Waals surface area contributed by atoms with Gasteiger partial charge in [-0.3, -0.25) is 19.1 Å². The Morgan fingerprint density at radius 1 is 1.16 bits per heavy atom. The Morgan fingerprint density at radius 2 is 1.97 bits per heavy atom. The van der Waals surface area contributed by atoms with Crippen LogP contribution in [0.5, 0.6) is 0 Å². The minimum absolute atomic E-state index is 0.130. The summed E-state index contributed by atoms with van der Waals surface area (Å²) in [5.74, 6) is 1.24. The Kier molecular flexibility index (Phi) is 6.30. The number of halogens is 3. The summed E-state index contributed by atoms with van der Waals surface area (Å²) >= 11 is 0. The van der Waals surface area contributed by atoms with Crippen molar-refractivity contribution >= 4 is 47.6 Å². The van der Waals surface area contributed by atoms with Gasteiger partial charge in [0.15, 0.2) is 0 Å². The SMILES string of the molecule is C=CC(=O)Nc1cc(-n2c(=O)ccc3cnc4ccc(C5=CPCC=C5C(F)(F)F)cc4c32)ccc1C. The lowest BCUT2D eigenvalue weighted by molar-refractivity contribution is -0.111. The predicted octanol–water partition coefficient (Wildman–Crippen LogP) is 6.49. The summed E-state index contributed by atoms with van der Waals surface area (Å²) in [7, 11) is 0.248. The van der Waals surface area contributed by atoms with E-state index in [1.807, 2.05) is 6.92 Å². The molecule has 1 atom stereocenters. The van der Waals surface area contributed by atoms with E-state index in [0.717, 1.165) is 11.6 Å². The van der Waals surface area contributed by atoms with Crippen LogP contribution < -0.4 is 10.9 Å². The first kappa shape index (κ1) is 24.7. The molecule has 0 saturated heterocycles. The van der Waals surface area contributed by atoms with Gasteiger partial charge in [0, 0.05) is 28.7 Å². The van der Waals surface area contributed by atoms with E-state index in [-0.39, 0.29) is 25.6 Å². The molecular weight excluding hydrogens is 498 g/mol. The first-order valence-electron chi connectivity index (χ1n) is 11.4. The first-order valence-corrected chi connectivity index (χ1v) is 12.7. The molecule has 1 unspecified atom stereocenters. The number of fused-ring (bicyclic) bond motifs is 3. The Balaban J connectivity index is 1.77. The van der Waals surface area contributed by atoms with Crippen LogP contribution in [-0.2, 0) is 4.79 Å². The number of benzene rings is 2. The summed E-state index contributed by atoms with van der Waals surface area (Å²) < 4.78 is 42.8. The summed E-state index contributed by atoms with van der Waals surface area (Å²) in [6.07, 6.45) is -0.0983. The largest absolute Gasteiger partial charge is 0.416 e. The second-order valence-corrected chi connectivity index (χ2v) is 9.68. The van der Waals surface area contributed by atoms with E-state index in [1.54, 1.807) is 54.5 Å². The number of anilines is 1. The molecule has 2 aromatic heterocycles. The lowest BCUT2D eigenvalue weighted by Crippen LogP contribution is -2.18. The van der Waals surface area contributed by atoms with Gasteiger partial charge in [-0.1, -0.05) is 39.2 Å². The third-order valence-electron chi connectivity index (χ3n) is 6.22. The molecule has 1 N–H and O–H groups in total. The Morgan fingerprint density at radius 3 is 2.73 bits per heavy atom. The number of nitrogens with zero attached hydrogens (tertiary/aromatic N) is 2. The van der Waals surface area contributed by atoms with Crippen molar-refractivity contribution < 1.29 is 18.0 Å². The molecule has 186 valence electrons. The minimum atomic E-state index is -4.47. The van der Waals surface area contributed by atoms with Crippen LogP contribution >= 0.6 is 8.58 Å². The molecule has 2 aromatic carbocycles. The number of aromatic nitrogens is 2. The van der Waals surface area contributed by atoms with E-state index in [0.29, 0.717) is 44.9 Å². The van der Waals surface area contributed by atoms with E-state index < -0.39 is 11.7 Å². The lowest BCUT2D eigenvalue weighted by atomic mass is 9.96. The van der Waals surface area contributed by atoms with Gasteiger partial charge in [-0.25, -0.2) is 0 Å². The standard InChI is InChI=1S/C28H21F3N3O2P/c1-3-25(35)33-24-13-19(7-4-16(24)2)34-26(36)9-6-18-14-32-23-8-5-17(12-20(23)27(18)34)21-15-37-11-10-22(21)28(29,30)31/h3-10,12-15,37H,1,11H2,2H3,(H,33,35). The molecule has 3 heterocycles. The van der Waals surface area contributed by atoms with Gasteiger partial charge in [0.1, 0.15) is 0 Å². The van der Waals surface area contributed by atoms with E-state index in [9.17, 15) is 22.8 Å². The molecule has 1 aliphatic rings. The number of nitrogens with one attached hydrogen (secondary N) is 1. The second-order valence-electron chi connectivity index (χ2n) is 8.58. The summed E-state index contributed by atoms with van der Waals surface area (Å²) in [5, 5.41) is 3.93. The Labute approximate surface area is 211 Å². The summed E-state index contributed by atoms with van der Waals surface area (Å²) in [5.41, 5.74) is 2.40. The molecule has 0 spiro atoms. The second kappa shape index (κ2) is 9.45. The third kappa shape index (κ3) is 4.60. The Bertz CT molecular complexity index is 1720. The lowest BCUT2D eigenvalue weighted by Gasteiger charge is -2.20. The number of pyridine rings is 2. The zero-order chi connectivity index (χ0) is 26.3. The summed E-state index contributed by atoms with van der Waals surface area (Å²) in [6.45, 7) is 5.29. The van der Waals surface area contributed by atoms with Crippen LogP contribution in [0.25, 0.3) is 33.1 Å². The van der Waals surface area contributed by atoms with Gasteiger partial charge >= 0.3 is 6.18 Å². The van der Waals surface area contributed by atoms with Crippen molar-refractivity contribution in [2.45, 2.75) is 13.1 Å². The topological polar surface area (TPSA) is 64.0 Å². The maximum absolute atomic E-state index is 13.8. The average Bonchev–Trinajstić information content (AvgIpc) is 2.89. The molecule has 0 radical (unpaired) electrons. The van der Waals surface area contributed by atoms with E-state index >= 15 is 0 Å². The van der Waals surface area contributed by atoms with Crippen LogP contribution in [0.15, 0.2) is 89.6 Å². The van der Waals surface area contributed by atoms with Crippen molar-refractivity contribution in [1.29, 1.82) is 0 Å². The predicted molar refractivity (Wildman–Crippen MR) is 144 cm³/mol. The number of carbonyl (C=O) groups is 1. The molecule has 0 saturated carbocycles. The van der Waals surface area contributed by atoms with Gasteiger partial charge in [-0.05, 0) is 66.2 Å². The molecule has 0 bridgehead atoms. The number of amides is 1. The smallest absolute Gasteiger partial charge is 0.322 e. The molecule has 5 nitrogen and oxygen atoms in total. The highest BCUT2D eigenvalue weighted by Crippen LogP contribution is 2.42. The fourth-order valence-electron chi connectivity index (χ4n) is 4.42. The van der Waals surface area contributed by atoms with Gasteiger partial charge in [0.25, 0.3) is 5.56 Å². The molecule has 9 heteroatoms. The van der Waals surface area contributed by atoms with Crippen molar-refractivity contribution in [3.63, 3.8) is 0 Å². The van der Waals surface area contributed by atoms with Crippen LogP contribution in [0.1, 0.15) is 11.1 Å². The normalized spacial score (nSPS) is 14.5. The van der Waals surface area contributed by atoms with Crippen molar-refractivity contribution in [3.05, 3.63) is 106 Å². The summed E-state index contributed by atoms with van der Waals surface area (Å²) in [6, 6.07) is 13.2. The molecular formula is C28H21F3N3O2P. The van der Waals surface area contributed by atoms with E-state index in [2.05, 4.69) is 16.9 Å². The van der Waals surface area contributed by atoms with Crippen LogP contribution in [0.3, 0.4) is 0 Å². The highest BCUT2D eigenvalue weighted by atomic mass is 31.1. The van der Waals surface area contributed by atoms with Gasteiger partial charge in [-0.2, -0.15) is 13.2 Å². The first-order chi connectivity index (χ1) is 17.7. The fraction of sp³-hybridized carbons (Fsp3) is 0.107. The van der Waals surface area contributed by atoms with Crippen LogP contribution in [0.2, 0.25) is 0 Å². The van der Waals surface area contributed by atoms with Crippen LogP contribution in [0, 0.1) is 6.92 Å². The maximum Gasteiger partial charge on any atom is 0.416 e. The number of hydrogen-bond acceptors (Lipinski definition) is 3. The zero-order valence-electron chi connectivity index (χ0n) is 19.7. The number of allylic oxidation sites excluding steroid dienone is 3. The number of alkyl halides is 3. The molecule has 37 heavy (non-hydrogen) atoms. The van der Waals surface area contributed by atoms with Crippen molar-refractivity contribution in [2.24, 2.45) is 0 Å². The fourth-order valence-corrected chi connectivity index (χ4v) is 5.39. The van der Waals surface area contributed by atoms with Crippen molar-refractivity contribution in [2.75, 3.05) is 11.5 Å². The van der Waals surface area contributed by atoms with Gasteiger partial charge in [0.05, 0.1) is 22.3 Å². The highest BCUT2D eigenvalue weighted by molar-refractivity contribution is 7.42. The third-order valence-corrected chi connectivity index (χ3v) is 7.15. The van der Waals surface area contributed by atoms with Crippen molar-refractivity contribution in [3.8, 4) is 5.69 Å². The quantitative estimate of drug-likeness (QED) is 0.190. The molecule has 4 aromatic rings. The molecule has 5 rings (SSSR count). The summed E-state index contributed by atoms with van der Waals surface area (Å²) in [4.78, 5) is 29.6. The van der Waals surface area contributed by atoms with E-state index in [4.69, 9.17) is 0 Å². The maximum atomic E-state index is 13.8. The number of rotatable bonds is 4. The van der Waals surface area contributed by atoms with Gasteiger partial charge < -0.3 is 5.32 Å². The van der Waals surface area contributed by atoms with Crippen LogP contribution in [0.4, 0.5) is 18.9 Å². The monoisotopic (exact) mass is 519 g/mol. The number of aryl methyl sites for hydroxylation is 1. The van der Waals surface area contributed by atoms with Crippen molar-refractivity contribution in [1.82, 2.24) is 9.55 Å². The van der Waals surface area contributed by atoms with Crippen LogP contribution in [-0.4, -0.2) is 27.8 Å². The number of hydrogen-bond donors (Lipinski definition) is 1. The molecule has 1 aliphatic heterocycles. The Hall–Kier alpha value is -4.03. The minimum Gasteiger partial charge on any atom is -0.322 e. The van der Waals surface area contributed by atoms with Gasteiger partial charge in [-0.15, -0.1) is 0 Å².